The maximum absolute atomic E-state index is 4.78. The van der Waals surface area contributed by atoms with Gasteiger partial charge in [-0.2, -0.15) is 0 Å². The van der Waals surface area contributed by atoms with Crippen molar-refractivity contribution >= 4 is 0 Å². The summed E-state index contributed by atoms with van der Waals surface area (Å²) in [6, 6.07) is 9.68. The zero-order chi connectivity index (χ0) is 14.0. The first-order chi connectivity index (χ1) is 8.78. The van der Waals surface area contributed by atoms with Crippen LogP contribution in [-0.2, 0) is 31.1 Å². The third kappa shape index (κ3) is 1.69. The van der Waals surface area contributed by atoms with E-state index in [1.165, 1.54) is 11.3 Å². The van der Waals surface area contributed by atoms with E-state index in [1.54, 1.807) is 0 Å². The van der Waals surface area contributed by atoms with Crippen molar-refractivity contribution < 1.29 is 20.1 Å². The summed E-state index contributed by atoms with van der Waals surface area (Å²) in [5.74, 6) is 1.06. The molecule has 2 nitrogen and oxygen atoms in total. The zero-order valence-electron chi connectivity index (χ0n) is 13.0. The van der Waals surface area contributed by atoms with Crippen molar-refractivity contribution in [2.45, 2.75) is 52.5 Å². The van der Waals surface area contributed by atoms with E-state index in [0.29, 0.717) is 0 Å². The summed E-state index contributed by atoms with van der Waals surface area (Å²) in [5, 5.41) is 0. The van der Waals surface area contributed by atoms with Crippen molar-refractivity contribution in [2.24, 2.45) is 0 Å². The van der Waals surface area contributed by atoms with Gasteiger partial charge >= 0.3 is 0 Å². The maximum Gasteiger partial charge on any atom is 0.0570 e. The molecular formula is C17H21IrN2-. The van der Waals surface area contributed by atoms with Crippen molar-refractivity contribution in [3.05, 3.63) is 41.2 Å². The van der Waals surface area contributed by atoms with E-state index in [4.69, 9.17) is 4.98 Å². The van der Waals surface area contributed by atoms with Gasteiger partial charge in [-0.25, -0.2) is 0 Å². The predicted molar refractivity (Wildman–Crippen MR) is 78.3 cm³/mol. The Balaban J connectivity index is 0.00000147. The first kappa shape index (κ1) is 15.5. The number of benzene rings is 1. The molecule has 0 saturated heterocycles. The van der Waals surface area contributed by atoms with E-state index in [-0.39, 0.29) is 31.1 Å². The molecule has 1 aliphatic heterocycles. The summed E-state index contributed by atoms with van der Waals surface area (Å²) in [7, 11) is 0. The average Bonchev–Trinajstić information content (AvgIpc) is 2.65. The van der Waals surface area contributed by atoms with Gasteiger partial charge < -0.3 is 4.57 Å². The summed E-state index contributed by atoms with van der Waals surface area (Å²) in [6.07, 6.45) is 0. The molecule has 0 unspecified atom stereocenters. The first-order valence-electron chi connectivity index (χ1n) is 6.86. The molecule has 0 saturated carbocycles. The fraction of sp³-hybridized carbons (Fsp3) is 0.471. The van der Waals surface area contributed by atoms with Gasteiger partial charge in [-0.3, -0.25) is 4.98 Å². The topological polar surface area (TPSA) is 17.8 Å². The fourth-order valence-electron chi connectivity index (χ4n) is 3.21. The molecule has 0 aliphatic carbocycles. The first-order valence-corrected chi connectivity index (χ1v) is 6.86. The van der Waals surface area contributed by atoms with E-state index < -0.39 is 0 Å². The van der Waals surface area contributed by atoms with Crippen LogP contribution < -0.4 is 0 Å². The summed E-state index contributed by atoms with van der Waals surface area (Å²) >= 11 is 0. The molecule has 0 spiro atoms. The Hall–Kier alpha value is -0.921. The Kier molecular flexibility index (Phi) is 3.51. The summed E-state index contributed by atoms with van der Waals surface area (Å²) in [6.45, 7) is 13.5. The zero-order valence-corrected chi connectivity index (χ0v) is 15.4. The van der Waals surface area contributed by atoms with Gasteiger partial charge in [0.2, 0.25) is 0 Å². The molecule has 1 aliphatic rings. The van der Waals surface area contributed by atoms with E-state index in [0.717, 1.165) is 17.1 Å². The standard InChI is InChI=1S/C17H21N2.Ir/c1-11-12(2)19-15(18-11)13-9-7-8-10-14(13)16(3,4)17(19,5)6;/h7-8,10H,1-6H3;/q-1;. The fourth-order valence-corrected chi connectivity index (χ4v) is 3.21. The normalized spacial score (nSPS) is 17.9. The van der Waals surface area contributed by atoms with Crippen LogP contribution in [0.1, 0.15) is 44.6 Å². The molecule has 1 radical (unpaired) electrons. The Morgan fingerprint density at radius 1 is 1.15 bits per heavy atom. The molecule has 109 valence electrons. The predicted octanol–water partition coefficient (Wildman–Crippen LogP) is 3.99. The van der Waals surface area contributed by atoms with Gasteiger partial charge in [-0.15, -0.1) is 35.4 Å². The molecule has 0 fully saturated rings. The second-order valence-corrected chi connectivity index (χ2v) is 6.58. The molecule has 1 aromatic carbocycles. The smallest absolute Gasteiger partial charge is 0.0570 e. The van der Waals surface area contributed by atoms with Gasteiger partial charge in [0, 0.05) is 37.0 Å². The Morgan fingerprint density at radius 3 is 2.45 bits per heavy atom. The van der Waals surface area contributed by atoms with Gasteiger partial charge in [0.15, 0.2) is 0 Å². The van der Waals surface area contributed by atoms with Crippen LogP contribution in [0.5, 0.6) is 0 Å². The summed E-state index contributed by atoms with van der Waals surface area (Å²) in [5.41, 5.74) is 4.92. The monoisotopic (exact) mass is 446 g/mol. The Labute approximate surface area is 135 Å². The van der Waals surface area contributed by atoms with Crippen molar-refractivity contribution in [1.29, 1.82) is 0 Å². The van der Waals surface area contributed by atoms with Crippen LogP contribution in [0.3, 0.4) is 0 Å². The van der Waals surface area contributed by atoms with E-state index in [2.05, 4.69) is 64.3 Å². The SMILES string of the molecule is Cc1nc2n(c1C)C(C)(C)C(C)(C)c1ccc[c-]c1-2.[Ir]. The van der Waals surface area contributed by atoms with Crippen LogP contribution in [0.2, 0.25) is 0 Å². The molecule has 0 atom stereocenters. The molecule has 2 aromatic rings. The van der Waals surface area contributed by atoms with E-state index in [1.807, 2.05) is 6.07 Å². The minimum absolute atomic E-state index is 0. The van der Waals surface area contributed by atoms with Gasteiger partial charge in [0.1, 0.15) is 0 Å². The van der Waals surface area contributed by atoms with E-state index >= 15 is 0 Å². The van der Waals surface area contributed by atoms with Crippen LogP contribution in [0.4, 0.5) is 0 Å². The second kappa shape index (κ2) is 4.54. The number of hydrogen-bond donors (Lipinski definition) is 0. The Bertz CT molecular complexity index is 666. The van der Waals surface area contributed by atoms with Crippen LogP contribution in [-0.4, -0.2) is 9.55 Å². The number of imidazole rings is 1. The molecule has 3 rings (SSSR count). The van der Waals surface area contributed by atoms with Gasteiger partial charge in [-0.05, 0) is 33.1 Å². The van der Waals surface area contributed by atoms with E-state index in [9.17, 15) is 0 Å². The molecule has 20 heavy (non-hydrogen) atoms. The number of rotatable bonds is 0. The number of aryl methyl sites for hydroxylation is 1. The summed E-state index contributed by atoms with van der Waals surface area (Å²) < 4.78 is 2.39. The quantitative estimate of drug-likeness (QED) is 0.561. The largest absolute Gasteiger partial charge is 0.363 e. The van der Waals surface area contributed by atoms with Gasteiger partial charge in [0.25, 0.3) is 0 Å². The molecule has 2 heterocycles. The van der Waals surface area contributed by atoms with Crippen molar-refractivity contribution in [3.63, 3.8) is 0 Å². The third-order valence-electron chi connectivity index (χ3n) is 5.19. The van der Waals surface area contributed by atoms with Crippen LogP contribution in [0, 0.1) is 19.9 Å². The number of hydrogen-bond acceptors (Lipinski definition) is 1. The van der Waals surface area contributed by atoms with Crippen molar-refractivity contribution in [2.75, 3.05) is 0 Å². The number of nitrogens with zero attached hydrogens (tertiary/aromatic N) is 2. The van der Waals surface area contributed by atoms with Gasteiger partial charge in [0.05, 0.1) is 5.82 Å². The average molecular weight is 446 g/mol. The van der Waals surface area contributed by atoms with Crippen molar-refractivity contribution in [3.8, 4) is 11.4 Å². The summed E-state index contributed by atoms with van der Waals surface area (Å²) in [4.78, 5) is 4.78. The number of fused-ring (bicyclic) bond motifs is 3. The third-order valence-corrected chi connectivity index (χ3v) is 5.19. The van der Waals surface area contributed by atoms with Crippen LogP contribution in [0.15, 0.2) is 18.2 Å². The minimum Gasteiger partial charge on any atom is -0.363 e. The molecular weight excluding hydrogens is 424 g/mol. The minimum atomic E-state index is -0.00410. The molecule has 0 N–H and O–H groups in total. The number of aromatic nitrogens is 2. The maximum atomic E-state index is 4.78. The molecule has 0 bridgehead atoms. The Morgan fingerprint density at radius 2 is 1.80 bits per heavy atom. The van der Waals surface area contributed by atoms with Crippen LogP contribution in [0.25, 0.3) is 11.4 Å². The molecule has 0 amide bonds. The van der Waals surface area contributed by atoms with Gasteiger partial charge in [-0.1, -0.05) is 13.8 Å². The van der Waals surface area contributed by atoms with Crippen molar-refractivity contribution in [1.82, 2.24) is 9.55 Å². The second-order valence-electron chi connectivity index (χ2n) is 6.58. The van der Waals surface area contributed by atoms with Crippen LogP contribution >= 0.6 is 0 Å². The molecule has 1 aromatic heterocycles. The molecule has 3 heteroatoms.